The molecule has 0 amide bonds. The van der Waals surface area contributed by atoms with E-state index in [0.717, 1.165) is 3.58 Å². The first-order valence-electron chi connectivity index (χ1n) is 10.3. The molecule has 3 fully saturated rings. The first kappa shape index (κ1) is 24.9. The van der Waals surface area contributed by atoms with Crippen LogP contribution in [-0.2, 0) is 28.5 Å². The Balaban J connectivity index is 1.60. The molecule has 31 heavy (non-hydrogen) atoms. The van der Waals surface area contributed by atoms with Crippen LogP contribution >= 0.6 is 34.2 Å². The molecular weight excluding hydrogens is 543 g/mol. The summed E-state index contributed by atoms with van der Waals surface area (Å²) in [6.07, 6.45) is -1.59. The Labute approximate surface area is 200 Å². The van der Waals surface area contributed by atoms with E-state index in [-0.39, 0.29) is 41.8 Å². The van der Waals surface area contributed by atoms with Crippen LogP contribution in [0.3, 0.4) is 0 Å². The molecule has 10 heteroatoms. The Morgan fingerprint density at radius 1 is 1.29 bits per heavy atom. The summed E-state index contributed by atoms with van der Waals surface area (Å²) in [5.41, 5.74) is 0. The molecule has 3 rings (SSSR count). The van der Waals surface area contributed by atoms with Gasteiger partial charge < -0.3 is 29.2 Å². The minimum absolute atomic E-state index is 0.0771. The number of hydrogen-bond acceptors (Lipinski definition) is 8. The molecule has 0 bridgehead atoms. The molecule has 0 radical (unpaired) electrons. The third-order valence-corrected chi connectivity index (χ3v) is 6.58. The summed E-state index contributed by atoms with van der Waals surface area (Å²) in [4.78, 5) is 23.9. The van der Waals surface area contributed by atoms with Gasteiger partial charge in [-0.2, -0.15) is 0 Å². The van der Waals surface area contributed by atoms with Crippen molar-refractivity contribution in [3.05, 3.63) is 22.0 Å². The van der Waals surface area contributed by atoms with Gasteiger partial charge in [0.1, 0.15) is 30.2 Å². The topological polar surface area (TPSA) is 112 Å². The fourth-order valence-corrected chi connectivity index (χ4v) is 5.28. The molecule has 8 nitrogen and oxygen atoms in total. The summed E-state index contributed by atoms with van der Waals surface area (Å²) < 4.78 is 23.2. The summed E-state index contributed by atoms with van der Waals surface area (Å²) in [6, 6.07) is 0. The van der Waals surface area contributed by atoms with Crippen molar-refractivity contribution in [2.75, 3.05) is 7.11 Å². The standard InChI is InChI=1S/C21H28ClIO8/c1-10(23)7-11(22)3-4-12(24)8-15-17(26)20-21(31-15)18(27)19-14(30-20)6-5-13(29-19)9-16(25)28-2/h8,11,13-14,17-21,26-27H,1,3-7,9H2,2H3/b15-8+/t11-,13-,14+,17+,18+,19+,20?,21+/m1/s1. The van der Waals surface area contributed by atoms with E-state index in [9.17, 15) is 19.8 Å². The average molecular weight is 571 g/mol. The fraction of sp³-hybridized carbons (Fsp3) is 0.714. The van der Waals surface area contributed by atoms with Crippen LogP contribution in [0.4, 0.5) is 0 Å². The van der Waals surface area contributed by atoms with Crippen LogP contribution in [-0.4, -0.2) is 77.2 Å². The number of aliphatic hydroxyl groups excluding tert-OH is 2. The van der Waals surface area contributed by atoms with Gasteiger partial charge in [0.05, 0.1) is 25.7 Å². The second-order valence-electron chi connectivity index (χ2n) is 8.11. The lowest BCUT2D eigenvalue weighted by atomic mass is 9.88. The molecular formula is C21H28ClIO8. The Morgan fingerprint density at radius 3 is 2.71 bits per heavy atom. The van der Waals surface area contributed by atoms with E-state index in [1.54, 1.807) is 0 Å². The second kappa shape index (κ2) is 10.9. The third kappa shape index (κ3) is 6.20. The van der Waals surface area contributed by atoms with Crippen molar-refractivity contribution >= 4 is 45.9 Å². The summed E-state index contributed by atoms with van der Waals surface area (Å²) in [6.45, 7) is 3.80. The summed E-state index contributed by atoms with van der Waals surface area (Å²) in [7, 11) is 1.31. The van der Waals surface area contributed by atoms with Gasteiger partial charge in [-0.05, 0) is 51.9 Å². The van der Waals surface area contributed by atoms with Crippen LogP contribution in [0.5, 0.6) is 0 Å². The zero-order chi connectivity index (χ0) is 22.7. The number of hydrogen-bond donors (Lipinski definition) is 2. The highest BCUT2D eigenvalue weighted by Crippen LogP contribution is 2.40. The fourth-order valence-electron chi connectivity index (χ4n) is 4.19. The van der Waals surface area contributed by atoms with Crippen molar-refractivity contribution in [3.8, 4) is 0 Å². The Bertz CT molecular complexity index is 728. The molecule has 0 aromatic heterocycles. The Hall–Kier alpha value is -0.720. The molecule has 3 aliphatic heterocycles. The van der Waals surface area contributed by atoms with Gasteiger partial charge in [-0.25, -0.2) is 0 Å². The van der Waals surface area contributed by atoms with Crippen molar-refractivity contribution in [2.45, 2.75) is 86.6 Å². The van der Waals surface area contributed by atoms with Crippen molar-refractivity contribution < 1.29 is 38.7 Å². The molecule has 0 spiro atoms. The van der Waals surface area contributed by atoms with E-state index in [1.165, 1.54) is 13.2 Å². The summed E-state index contributed by atoms with van der Waals surface area (Å²) in [5, 5.41) is 21.2. The van der Waals surface area contributed by atoms with E-state index >= 15 is 0 Å². The number of fused-ring (bicyclic) bond motifs is 2. The highest BCUT2D eigenvalue weighted by Gasteiger charge is 2.56. The van der Waals surface area contributed by atoms with Crippen molar-refractivity contribution in [1.29, 1.82) is 0 Å². The summed E-state index contributed by atoms with van der Waals surface area (Å²) >= 11 is 8.29. The highest BCUT2D eigenvalue weighted by atomic mass is 127. The van der Waals surface area contributed by atoms with Gasteiger partial charge in [0.2, 0.25) is 0 Å². The highest BCUT2D eigenvalue weighted by molar-refractivity contribution is 14.1. The van der Waals surface area contributed by atoms with Gasteiger partial charge in [-0.3, -0.25) is 9.59 Å². The number of carbonyl (C=O) groups is 2. The maximum atomic E-state index is 12.3. The van der Waals surface area contributed by atoms with E-state index < -0.39 is 36.6 Å². The van der Waals surface area contributed by atoms with Crippen LogP contribution in [0, 0.1) is 0 Å². The maximum Gasteiger partial charge on any atom is 0.308 e. The van der Waals surface area contributed by atoms with Gasteiger partial charge in [-0.1, -0.05) is 6.58 Å². The number of methoxy groups -OCH3 is 1. The third-order valence-electron chi connectivity index (χ3n) is 5.77. The van der Waals surface area contributed by atoms with E-state index in [2.05, 4.69) is 33.9 Å². The average Bonchev–Trinajstić information content (AvgIpc) is 3.02. The molecule has 3 aliphatic rings. The lowest BCUT2D eigenvalue weighted by Gasteiger charge is -2.45. The minimum Gasteiger partial charge on any atom is -0.486 e. The number of aliphatic hydroxyl groups is 2. The van der Waals surface area contributed by atoms with Crippen LogP contribution in [0.2, 0.25) is 0 Å². The number of ketones is 1. The summed E-state index contributed by atoms with van der Waals surface area (Å²) in [5.74, 6) is -0.530. The molecule has 0 aromatic rings. The van der Waals surface area contributed by atoms with Gasteiger partial charge in [0.25, 0.3) is 0 Å². The number of ether oxygens (including phenoxy) is 4. The maximum absolute atomic E-state index is 12.3. The van der Waals surface area contributed by atoms with Crippen LogP contribution in [0.25, 0.3) is 0 Å². The molecule has 3 heterocycles. The normalized spacial score (nSPS) is 36.8. The largest absolute Gasteiger partial charge is 0.486 e. The minimum atomic E-state index is -1.15. The van der Waals surface area contributed by atoms with E-state index in [1.807, 2.05) is 0 Å². The lowest BCUT2D eigenvalue weighted by Crippen LogP contribution is -2.61. The first-order chi connectivity index (χ1) is 14.7. The molecule has 174 valence electrons. The lowest BCUT2D eigenvalue weighted by molar-refractivity contribution is -0.258. The van der Waals surface area contributed by atoms with Gasteiger partial charge in [-0.15, -0.1) is 11.6 Å². The zero-order valence-corrected chi connectivity index (χ0v) is 20.2. The van der Waals surface area contributed by atoms with Gasteiger partial charge in [0, 0.05) is 17.9 Å². The molecule has 2 N–H and O–H groups in total. The van der Waals surface area contributed by atoms with Crippen LogP contribution in [0.1, 0.15) is 38.5 Å². The molecule has 0 aromatic carbocycles. The van der Waals surface area contributed by atoms with Gasteiger partial charge in [0.15, 0.2) is 11.9 Å². The smallest absolute Gasteiger partial charge is 0.308 e. The SMILES string of the molecule is C=C(I)C[C@H](Cl)CCC(=O)/C=C1/O[C@@H]2C(O[C@H]3CC[C@H](CC(=O)OC)O[C@@H]3[C@@H]2O)[C@H]1O. The molecule has 0 aliphatic carbocycles. The van der Waals surface area contributed by atoms with Crippen molar-refractivity contribution in [2.24, 2.45) is 0 Å². The first-order valence-corrected chi connectivity index (χ1v) is 11.8. The Morgan fingerprint density at radius 2 is 2.03 bits per heavy atom. The van der Waals surface area contributed by atoms with E-state index in [0.29, 0.717) is 25.7 Å². The number of rotatable bonds is 8. The predicted octanol–water partition coefficient (Wildman–Crippen LogP) is 2.16. The number of halogens is 2. The number of esters is 1. The number of allylic oxidation sites excluding steroid dienone is 2. The zero-order valence-electron chi connectivity index (χ0n) is 17.2. The van der Waals surface area contributed by atoms with E-state index in [4.69, 9.17) is 25.8 Å². The monoisotopic (exact) mass is 570 g/mol. The molecule has 8 atom stereocenters. The number of carbonyl (C=O) groups excluding carboxylic acids is 2. The number of alkyl halides is 1. The van der Waals surface area contributed by atoms with Crippen molar-refractivity contribution in [3.63, 3.8) is 0 Å². The van der Waals surface area contributed by atoms with Gasteiger partial charge >= 0.3 is 5.97 Å². The molecule has 1 unspecified atom stereocenters. The second-order valence-corrected chi connectivity index (χ2v) is 10.3. The Kier molecular flexibility index (Phi) is 8.79. The molecule has 0 saturated carbocycles. The molecule has 3 saturated heterocycles. The van der Waals surface area contributed by atoms with Crippen LogP contribution in [0.15, 0.2) is 22.0 Å². The van der Waals surface area contributed by atoms with Crippen LogP contribution < -0.4 is 0 Å². The quantitative estimate of drug-likeness (QED) is 0.198. The predicted molar refractivity (Wildman–Crippen MR) is 120 cm³/mol. The van der Waals surface area contributed by atoms with Crippen molar-refractivity contribution in [1.82, 2.24) is 0 Å².